The predicted octanol–water partition coefficient (Wildman–Crippen LogP) is 4.74. The third kappa shape index (κ3) is 4.15. The molecule has 0 aromatic rings. The Hall–Kier alpha value is -0.790. The van der Waals surface area contributed by atoms with E-state index in [1.165, 1.54) is 0 Å². The number of methoxy groups -OCH3 is 1. The van der Waals surface area contributed by atoms with Gasteiger partial charge >= 0.3 is 0 Å². The van der Waals surface area contributed by atoms with Gasteiger partial charge in [-0.25, -0.2) is 0 Å². The summed E-state index contributed by atoms with van der Waals surface area (Å²) in [4.78, 5) is 12.5. The maximum atomic E-state index is 12.5. The molecule has 0 amide bonds. The van der Waals surface area contributed by atoms with Gasteiger partial charge in [-0.05, 0) is 32.1 Å². The second-order valence-electron chi connectivity index (χ2n) is 4.79. The molecule has 0 heterocycles. The molecule has 0 aromatic carbocycles. The molecule has 0 N–H and O–H groups in total. The third-order valence-corrected chi connectivity index (χ3v) is 3.88. The second-order valence-corrected chi connectivity index (χ2v) is 4.79. The number of ketones is 1. The fourth-order valence-corrected chi connectivity index (χ4v) is 2.57. The largest absolute Gasteiger partial charge is 0.500 e. The van der Waals surface area contributed by atoms with Gasteiger partial charge in [-0.1, -0.05) is 34.6 Å². The van der Waals surface area contributed by atoms with Crippen LogP contribution >= 0.6 is 0 Å². The first-order chi connectivity index (χ1) is 8.60. The topological polar surface area (TPSA) is 26.3 Å². The van der Waals surface area contributed by atoms with E-state index in [9.17, 15) is 4.79 Å². The van der Waals surface area contributed by atoms with Crippen molar-refractivity contribution in [3.63, 3.8) is 0 Å². The minimum Gasteiger partial charge on any atom is -0.500 e. The van der Waals surface area contributed by atoms with Crippen LogP contribution in [-0.4, -0.2) is 12.9 Å². The number of rotatable bonds is 9. The molecule has 18 heavy (non-hydrogen) atoms. The number of ether oxygens (including phenoxy) is 1. The lowest BCUT2D eigenvalue weighted by Crippen LogP contribution is -2.19. The van der Waals surface area contributed by atoms with Crippen molar-refractivity contribution in [3.8, 4) is 0 Å². The Kier molecular flexibility index (Phi) is 8.78. The van der Waals surface area contributed by atoms with Gasteiger partial charge < -0.3 is 4.74 Å². The van der Waals surface area contributed by atoms with Crippen molar-refractivity contribution in [2.75, 3.05) is 7.11 Å². The molecule has 0 bridgehead atoms. The molecule has 2 heteroatoms. The maximum Gasteiger partial charge on any atom is 0.165 e. The summed E-state index contributed by atoms with van der Waals surface area (Å²) in [5.74, 6) is 1.76. The molecular formula is C16H30O2. The highest BCUT2D eigenvalue weighted by molar-refractivity contribution is 5.97. The fraction of sp³-hybridized carbons (Fsp3) is 0.812. The van der Waals surface area contributed by atoms with Gasteiger partial charge in [0.05, 0.1) is 7.11 Å². The lowest BCUT2D eigenvalue weighted by molar-refractivity contribution is -0.119. The molecule has 2 nitrogen and oxygen atoms in total. The first-order valence-corrected chi connectivity index (χ1v) is 7.42. The van der Waals surface area contributed by atoms with Crippen molar-refractivity contribution in [2.45, 2.75) is 66.7 Å². The zero-order valence-electron chi connectivity index (χ0n) is 13.0. The fourth-order valence-electron chi connectivity index (χ4n) is 2.57. The minimum atomic E-state index is 0.152. The SMILES string of the molecule is CC/C(C(=O)C(CC)CC)=C(/OC)C(CC)CC. The van der Waals surface area contributed by atoms with Crippen LogP contribution in [0.2, 0.25) is 0 Å². The van der Waals surface area contributed by atoms with E-state index >= 15 is 0 Å². The van der Waals surface area contributed by atoms with E-state index in [1.54, 1.807) is 7.11 Å². The molecule has 0 spiro atoms. The van der Waals surface area contributed by atoms with Crippen LogP contribution in [0.15, 0.2) is 11.3 Å². The van der Waals surface area contributed by atoms with Crippen molar-refractivity contribution in [3.05, 3.63) is 11.3 Å². The zero-order chi connectivity index (χ0) is 14.1. The van der Waals surface area contributed by atoms with Gasteiger partial charge in [0.25, 0.3) is 0 Å². The van der Waals surface area contributed by atoms with Crippen LogP contribution in [0.1, 0.15) is 66.7 Å². The molecule has 0 radical (unpaired) electrons. The van der Waals surface area contributed by atoms with Gasteiger partial charge in [0.1, 0.15) is 5.76 Å². The molecule has 0 atom stereocenters. The average Bonchev–Trinajstić information content (AvgIpc) is 2.40. The highest BCUT2D eigenvalue weighted by Crippen LogP contribution is 2.28. The molecule has 0 aliphatic rings. The van der Waals surface area contributed by atoms with Crippen molar-refractivity contribution in [1.82, 2.24) is 0 Å². The van der Waals surface area contributed by atoms with E-state index in [4.69, 9.17) is 4.74 Å². The predicted molar refractivity (Wildman–Crippen MR) is 77.5 cm³/mol. The Morgan fingerprint density at radius 1 is 0.889 bits per heavy atom. The van der Waals surface area contributed by atoms with Crippen LogP contribution in [0.4, 0.5) is 0 Å². The van der Waals surface area contributed by atoms with E-state index < -0.39 is 0 Å². The molecule has 0 aliphatic heterocycles. The standard InChI is InChI=1S/C16H30O2/c1-7-12(8-2)15(17)14(11-5)16(18-6)13(9-3)10-4/h12-13H,7-11H2,1-6H3/b16-14-. The van der Waals surface area contributed by atoms with E-state index in [-0.39, 0.29) is 5.92 Å². The summed E-state index contributed by atoms with van der Waals surface area (Å²) in [6.07, 6.45) is 4.66. The summed E-state index contributed by atoms with van der Waals surface area (Å²) in [6, 6.07) is 0. The van der Waals surface area contributed by atoms with Gasteiger partial charge in [-0.2, -0.15) is 0 Å². The second kappa shape index (κ2) is 9.18. The number of carbonyl (C=O) groups is 1. The highest BCUT2D eigenvalue weighted by Gasteiger charge is 2.24. The Balaban J connectivity index is 5.38. The van der Waals surface area contributed by atoms with E-state index in [0.717, 1.165) is 43.4 Å². The molecule has 0 aliphatic carbocycles. The number of hydrogen-bond acceptors (Lipinski definition) is 2. The lowest BCUT2D eigenvalue weighted by Gasteiger charge is -2.22. The van der Waals surface area contributed by atoms with E-state index in [2.05, 4.69) is 34.6 Å². The zero-order valence-corrected chi connectivity index (χ0v) is 13.0. The third-order valence-electron chi connectivity index (χ3n) is 3.88. The summed E-state index contributed by atoms with van der Waals surface area (Å²) >= 11 is 0. The normalized spacial score (nSPS) is 12.9. The van der Waals surface area contributed by atoms with Crippen LogP contribution in [0.25, 0.3) is 0 Å². The van der Waals surface area contributed by atoms with Crippen molar-refractivity contribution >= 4 is 5.78 Å². The minimum absolute atomic E-state index is 0.152. The Morgan fingerprint density at radius 3 is 1.61 bits per heavy atom. The van der Waals surface area contributed by atoms with E-state index in [0.29, 0.717) is 11.7 Å². The molecular weight excluding hydrogens is 224 g/mol. The average molecular weight is 254 g/mol. The van der Waals surface area contributed by atoms with Gasteiger partial charge in [0.15, 0.2) is 5.78 Å². The Morgan fingerprint density at radius 2 is 1.33 bits per heavy atom. The van der Waals surface area contributed by atoms with Crippen LogP contribution in [0, 0.1) is 11.8 Å². The smallest absolute Gasteiger partial charge is 0.165 e. The quantitative estimate of drug-likeness (QED) is 0.439. The number of Topliss-reactive ketones (excluding diaryl/α,β-unsaturated/α-hetero) is 1. The highest BCUT2D eigenvalue weighted by atomic mass is 16.5. The molecule has 0 unspecified atom stereocenters. The monoisotopic (exact) mass is 254 g/mol. The summed E-state index contributed by atoms with van der Waals surface area (Å²) in [6.45, 7) is 10.5. The molecule has 0 rings (SSSR count). The Bertz CT molecular complexity index is 271. The number of carbonyl (C=O) groups excluding carboxylic acids is 1. The van der Waals surface area contributed by atoms with E-state index in [1.807, 2.05) is 0 Å². The summed E-state index contributed by atoms with van der Waals surface area (Å²) in [5.41, 5.74) is 0.917. The first-order valence-electron chi connectivity index (χ1n) is 7.42. The summed E-state index contributed by atoms with van der Waals surface area (Å²) < 4.78 is 5.57. The van der Waals surface area contributed by atoms with Gasteiger partial charge in [-0.15, -0.1) is 0 Å². The first kappa shape index (κ1) is 17.2. The maximum absolute atomic E-state index is 12.5. The van der Waals surface area contributed by atoms with Crippen molar-refractivity contribution < 1.29 is 9.53 Å². The lowest BCUT2D eigenvalue weighted by atomic mass is 9.87. The van der Waals surface area contributed by atoms with Crippen LogP contribution < -0.4 is 0 Å². The van der Waals surface area contributed by atoms with Crippen LogP contribution in [-0.2, 0) is 9.53 Å². The molecule has 106 valence electrons. The van der Waals surface area contributed by atoms with Gasteiger partial charge in [-0.3, -0.25) is 4.79 Å². The van der Waals surface area contributed by atoms with Crippen LogP contribution in [0.3, 0.4) is 0 Å². The molecule has 0 aromatic heterocycles. The van der Waals surface area contributed by atoms with Gasteiger partial charge in [0, 0.05) is 17.4 Å². The van der Waals surface area contributed by atoms with Crippen LogP contribution in [0.5, 0.6) is 0 Å². The molecule has 0 saturated heterocycles. The molecule has 0 fully saturated rings. The summed E-state index contributed by atoms with van der Waals surface area (Å²) in [5, 5.41) is 0. The number of allylic oxidation sites excluding steroid dienone is 2. The van der Waals surface area contributed by atoms with Crippen molar-refractivity contribution in [1.29, 1.82) is 0 Å². The van der Waals surface area contributed by atoms with Crippen molar-refractivity contribution in [2.24, 2.45) is 11.8 Å². The Labute approximate surface area is 113 Å². The molecule has 0 saturated carbocycles. The number of hydrogen-bond donors (Lipinski definition) is 0. The summed E-state index contributed by atoms with van der Waals surface area (Å²) in [7, 11) is 1.70. The van der Waals surface area contributed by atoms with Gasteiger partial charge in [0.2, 0.25) is 0 Å².